The van der Waals surface area contributed by atoms with Crippen LogP contribution in [0.5, 0.6) is 0 Å². The molecule has 1 fully saturated rings. The molecule has 5 heteroatoms. The highest BCUT2D eigenvalue weighted by molar-refractivity contribution is 7.11. The van der Waals surface area contributed by atoms with Crippen molar-refractivity contribution >= 4 is 23.9 Å². The Kier molecular flexibility index (Phi) is 3.80. The molecule has 1 aromatic heterocycles. The summed E-state index contributed by atoms with van der Waals surface area (Å²) in [6.07, 6.45) is 3.93. The van der Waals surface area contributed by atoms with Crippen LogP contribution in [0.15, 0.2) is 11.4 Å². The first-order valence-electron chi connectivity index (χ1n) is 5.41. The molecule has 82 valence electrons. The van der Waals surface area contributed by atoms with Gasteiger partial charge in [-0.3, -0.25) is 4.90 Å². The van der Waals surface area contributed by atoms with Crippen molar-refractivity contribution in [2.45, 2.75) is 25.8 Å². The molecule has 1 aliphatic rings. The Morgan fingerprint density at radius 1 is 1.27 bits per heavy atom. The first-order valence-corrected chi connectivity index (χ1v) is 6.29. The topological polar surface area (TPSA) is 43.7 Å². The Morgan fingerprint density at radius 2 is 2.00 bits per heavy atom. The van der Waals surface area contributed by atoms with E-state index in [-0.39, 0.29) is 0 Å². The summed E-state index contributed by atoms with van der Waals surface area (Å²) in [5.41, 5.74) is 0.618. The van der Waals surface area contributed by atoms with Crippen molar-refractivity contribution in [3.8, 4) is 0 Å². The van der Waals surface area contributed by atoms with Crippen molar-refractivity contribution in [1.82, 2.24) is 4.90 Å². The Labute approximate surface area is 94.5 Å². The molecule has 0 spiro atoms. The van der Waals surface area contributed by atoms with E-state index in [1.165, 1.54) is 37.2 Å². The van der Waals surface area contributed by atoms with Gasteiger partial charge in [0.1, 0.15) is 0 Å². The Bertz CT molecular complexity index is 310. The lowest BCUT2D eigenvalue weighted by Crippen LogP contribution is -2.30. The van der Waals surface area contributed by atoms with E-state index in [1.807, 2.05) is 11.4 Å². The van der Waals surface area contributed by atoms with Crippen molar-refractivity contribution in [3.63, 3.8) is 0 Å². The zero-order valence-corrected chi connectivity index (χ0v) is 9.54. The summed E-state index contributed by atoms with van der Waals surface area (Å²) < 4.78 is 0. The van der Waals surface area contributed by atoms with Gasteiger partial charge in [-0.15, -0.1) is 11.3 Å². The zero-order valence-electron chi connectivity index (χ0n) is 8.72. The van der Waals surface area contributed by atoms with Gasteiger partial charge >= 0.3 is 7.12 Å². The lowest BCUT2D eigenvalue weighted by atomic mass is 9.83. The summed E-state index contributed by atoms with van der Waals surface area (Å²) in [5.74, 6) is 0. The molecule has 1 saturated heterocycles. The van der Waals surface area contributed by atoms with Crippen LogP contribution in [-0.2, 0) is 6.54 Å². The molecule has 0 aliphatic carbocycles. The maximum absolute atomic E-state index is 8.99. The van der Waals surface area contributed by atoms with Crippen LogP contribution in [0.2, 0.25) is 0 Å². The van der Waals surface area contributed by atoms with Crippen LogP contribution < -0.4 is 5.46 Å². The molecule has 0 aromatic carbocycles. The number of nitrogens with zero attached hydrogens (tertiary/aromatic N) is 1. The molecule has 0 bridgehead atoms. The maximum Gasteiger partial charge on any atom is 0.489 e. The van der Waals surface area contributed by atoms with E-state index in [0.29, 0.717) is 5.46 Å². The van der Waals surface area contributed by atoms with Crippen LogP contribution in [0.1, 0.15) is 24.1 Å². The van der Waals surface area contributed by atoms with Gasteiger partial charge in [-0.2, -0.15) is 0 Å². The van der Waals surface area contributed by atoms with Crippen LogP contribution in [0.4, 0.5) is 0 Å². The third kappa shape index (κ3) is 3.05. The van der Waals surface area contributed by atoms with Crippen molar-refractivity contribution < 1.29 is 10.0 Å². The van der Waals surface area contributed by atoms with Crippen LogP contribution >= 0.6 is 11.3 Å². The van der Waals surface area contributed by atoms with E-state index in [2.05, 4.69) is 4.90 Å². The smallest absolute Gasteiger partial charge is 0.423 e. The van der Waals surface area contributed by atoms with Crippen LogP contribution in [0, 0.1) is 0 Å². The number of piperidine rings is 1. The average Bonchev–Trinajstić information content (AvgIpc) is 2.68. The minimum absolute atomic E-state index is 0.618. The zero-order chi connectivity index (χ0) is 10.7. The summed E-state index contributed by atoms with van der Waals surface area (Å²) in [5, 5.41) is 19.8. The van der Waals surface area contributed by atoms with Crippen molar-refractivity contribution in [1.29, 1.82) is 0 Å². The summed E-state index contributed by atoms with van der Waals surface area (Å²) in [6, 6.07) is 1.89. The molecule has 2 rings (SSSR count). The van der Waals surface area contributed by atoms with Gasteiger partial charge < -0.3 is 10.0 Å². The highest BCUT2D eigenvalue weighted by Gasteiger charge is 2.15. The van der Waals surface area contributed by atoms with Gasteiger partial charge in [0.2, 0.25) is 0 Å². The van der Waals surface area contributed by atoms with Gasteiger partial charge in [0.25, 0.3) is 0 Å². The molecule has 0 amide bonds. The van der Waals surface area contributed by atoms with Crippen LogP contribution in [0.25, 0.3) is 0 Å². The van der Waals surface area contributed by atoms with Gasteiger partial charge in [0, 0.05) is 11.4 Å². The third-order valence-corrected chi connectivity index (χ3v) is 3.74. The average molecular weight is 225 g/mol. The Morgan fingerprint density at radius 3 is 2.60 bits per heavy atom. The number of rotatable bonds is 3. The molecular weight excluding hydrogens is 209 g/mol. The van der Waals surface area contributed by atoms with E-state index in [9.17, 15) is 0 Å². The molecule has 1 aliphatic heterocycles. The van der Waals surface area contributed by atoms with E-state index >= 15 is 0 Å². The quantitative estimate of drug-likeness (QED) is 0.732. The highest BCUT2D eigenvalue weighted by atomic mass is 32.1. The number of likely N-dealkylation sites (tertiary alicyclic amines) is 1. The lowest BCUT2D eigenvalue weighted by molar-refractivity contribution is 0.222. The molecule has 3 nitrogen and oxygen atoms in total. The molecule has 2 heterocycles. The van der Waals surface area contributed by atoms with Crippen LogP contribution in [-0.4, -0.2) is 35.2 Å². The summed E-state index contributed by atoms with van der Waals surface area (Å²) in [4.78, 5) is 3.66. The standard InChI is InChI=1S/C10H16BNO2S/c13-11(14)9-6-10(15-8-9)7-12-4-2-1-3-5-12/h6,8,13-14H,1-5,7H2. The molecule has 0 atom stereocenters. The molecule has 1 aromatic rings. The summed E-state index contributed by atoms with van der Waals surface area (Å²) in [7, 11) is -1.32. The number of hydrogen-bond donors (Lipinski definition) is 2. The van der Waals surface area contributed by atoms with Gasteiger partial charge in [-0.05, 0) is 42.8 Å². The van der Waals surface area contributed by atoms with E-state index < -0.39 is 7.12 Å². The Balaban J connectivity index is 1.91. The van der Waals surface area contributed by atoms with Crippen molar-refractivity contribution in [3.05, 3.63) is 16.3 Å². The van der Waals surface area contributed by atoms with E-state index in [0.717, 1.165) is 6.54 Å². The second-order valence-electron chi connectivity index (χ2n) is 4.06. The minimum Gasteiger partial charge on any atom is -0.423 e. The second-order valence-corrected chi connectivity index (χ2v) is 5.05. The molecule has 2 N–H and O–H groups in total. The Hall–Kier alpha value is -0.355. The monoisotopic (exact) mass is 225 g/mol. The fraction of sp³-hybridized carbons (Fsp3) is 0.600. The molecule has 0 saturated carbocycles. The van der Waals surface area contributed by atoms with Crippen LogP contribution in [0.3, 0.4) is 0 Å². The molecular formula is C10H16BNO2S. The third-order valence-electron chi connectivity index (χ3n) is 2.80. The predicted molar refractivity (Wildman–Crippen MR) is 63.3 cm³/mol. The SMILES string of the molecule is OB(O)c1csc(CN2CCCCC2)c1. The van der Waals surface area contributed by atoms with E-state index in [4.69, 9.17) is 10.0 Å². The lowest BCUT2D eigenvalue weighted by Gasteiger charge is -2.25. The first kappa shape index (κ1) is 11.1. The van der Waals surface area contributed by atoms with E-state index in [1.54, 1.807) is 11.3 Å². The fourth-order valence-electron chi connectivity index (χ4n) is 1.95. The number of hydrogen-bond acceptors (Lipinski definition) is 4. The van der Waals surface area contributed by atoms with Gasteiger partial charge in [0.05, 0.1) is 0 Å². The minimum atomic E-state index is -1.32. The first-order chi connectivity index (χ1) is 7.25. The second kappa shape index (κ2) is 5.12. The summed E-state index contributed by atoms with van der Waals surface area (Å²) >= 11 is 1.61. The van der Waals surface area contributed by atoms with Gasteiger partial charge in [0.15, 0.2) is 0 Å². The van der Waals surface area contributed by atoms with Crippen molar-refractivity contribution in [2.75, 3.05) is 13.1 Å². The largest absolute Gasteiger partial charge is 0.489 e. The maximum atomic E-state index is 8.99. The molecule has 15 heavy (non-hydrogen) atoms. The summed E-state index contributed by atoms with van der Waals surface area (Å²) in [6.45, 7) is 3.31. The predicted octanol–water partition coefficient (Wildman–Crippen LogP) is 0.414. The molecule has 0 unspecified atom stereocenters. The normalized spacial score (nSPS) is 18.0. The van der Waals surface area contributed by atoms with Gasteiger partial charge in [-0.25, -0.2) is 0 Å². The van der Waals surface area contributed by atoms with Gasteiger partial charge in [-0.1, -0.05) is 6.42 Å². The highest BCUT2D eigenvalue weighted by Crippen LogP contribution is 2.15. The van der Waals surface area contributed by atoms with Crippen molar-refractivity contribution in [2.24, 2.45) is 0 Å². The number of thiophene rings is 1. The molecule has 0 radical (unpaired) electrons. The fourth-order valence-corrected chi connectivity index (χ4v) is 2.89.